The lowest BCUT2D eigenvalue weighted by molar-refractivity contribution is -0.0559. The third-order valence-electron chi connectivity index (χ3n) is 5.82. The number of benzene rings is 1. The standard InChI is InChI=1S/C23H31N3O3/c1-27-20-8-6-18(7-9-20)16-25-23(24-12-10-21-5-3-14-28-21)26-13-11-22-19(17-26)4-2-15-29-22/h3,5-9,14,19,22H,2,4,10-13,15-17H2,1H3,(H,24,25). The fraction of sp³-hybridized carbons (Fsp3) is 0.522. The molecule has 0 amide bonds. The average Bonchev–Trinajstić information content (AvgIpc) is 3.29. The predicted octanol–water partition coefficient (Wildman–Crippen LogP) is 3.48. The Bertz CT molecular complexity index is 773. The molecule has 0 spiro atoms. The molecular formula is C23H31N3O3. The lowest BCUT2D eigenvalue weighted by Crippen LogP contribution is -2.52. The number of furan rings is 1. The van der Waals surface area contributed by atoms with Crippen molar-refractivity contribution >= 4 is 5.96 Å². The molecule has 1 aromatic heterocycles. The number of likely N-dealkylation sites (tertiary alicyclic amines) is 1. The maximum absolute atomic E-state index is 5.98. The summed E-state index contributed by atoms with van der Waals surface area (Å²) in [6.07, 6.45) is 6.48. The van der Waals surface area contributed by atoms with Crippen molar-refractivity contribution in [2.75, 3.05) is 33.4 Å². The largest absolute Gasteiger partial charge is 0.497 e. The summed E-state index contributed by atoms with van der Waals surface area (Å²) in [6.45, 7) is 4.36. The summed E-state index contributed by atoms with van der Waals surface area (Å²) in [5.41, 5.74) is 1.17. The number of methoxy groups -OCH3 is 1. The summed E-state index contributed by atoms with van der Waals surface area (Å²) in [5, 5.41) is 3.57. The van der Waals surface area contributed by atoms with Crippen LogP contribution in [0.15, 0.2) is 52.1 Å². The van der Waals surface area contributed by atoms with Crippen molar-refractivity contribution in [2.24, 2.45) is 10.9 Å². The van der Waals surface area contributed by atoms with Gasteiger partial charge >= 0.3 is 0 Å². The molecule has 2 saturated heterocycles. The number of piperidine rings is 1. The van der Waals surface area contributed by atoms with Crippen LogP contribution >= 0.6 is 0 Å². The molecule has 3 heterocycles. The van der Waals surface area contributed by atoms with Crippen molar-refractivity contribution in [3.63, 3.8) is 0 Å². The van der Waals surface area contributed by atoms with Gasteiger partial charge in [0.25, 0.3) is 0 Å². The van der Waals surface area contributed by atoms with E-state index in [1.807, 2.05) is 24.3 Å². The van der Waals surface area contributed by atoms with Gasteiger partial charge in [-0.2, -0.15) is 0 Å². The van der Waals surface area contributed by atoms with Gasteiger partial charge in [-0.25, -0.2) is 4.99 Å². The SMILES string of the molecule is COc1ccc(CN=C(NCCc2ccco2)N2CCC3OCCCC3C2)cc1. The molecule has 6 heteroatoms. The number of rotatable bonds is 6. The summed E-state index contributed by atoms with van der Waals surface area (Å²) in [5.74, 6) is 3.45. The average molecular weight is 398 g/mol. The van der Waals surface area contributed by atoms with E-state index in [9.17, 15) is 0 Å². The number of fused-ring (bicyclic) bond motifs is 1. The Labute approximate surface area is 172 Å². The molecule has 6 nitrogen and oxygen atoms in total. The first-order valence-electron chi connectivity index (χ1n) is 10.6. The van der Waals surface area contributed by atoms with Gasteiger partial charge in [0.05, 0.1) is 26.0 Å². The highest BCUT2D eigenvalue weighted by molar-refractivity contribution is 5.80. The number of aliphatic imine (C=N–C) groups is 1. The Kier molecular flexibility index (Phi) is 6.72. The molecule has 0 radical (unpaired) electrons. The number of ether oxygens (including phenoxy) is 2. The van der Waals surface area contributed by atoms with Gasteiger partial charge in [-0.15, -0.1) is 0 Å². The molecule has 2 aliphatic rings. The molecule has 156 valence electrons. The van der Waals surface area contributed by atoms with E-state index >= 15 is 0 Å². The van der Waals surface area contributed by atoms with Crippen LogP contribution in [0.3, 0.4) is 0 Å². The van der Waals surface area contributed by atoms with Crippen molar-refractivity contribution in [3.8, 4) is 5.75 Å². The molecule has 2 unspecified atom stereocenters. The van der Waals surface area contributed by atoms with Crippen LogP contribution in [0.25, 0.3) is 0 Å². The van der Waals surface area contributed by atoms with E-state index in [2.05, 4.69) is 22.3 Å². The Hall–Kier alpha value is -2.47. The zero-order chi connectivity index (χ0) is 19.9. The second-order valence-corrected chi connectivity index (χ2v) is 7.79. The smallest absolute Gasteiger partial charge is 0.194 e. The van der Waals surface area contributed by atoms with Gasteiger partial charge in [0.2, 0.25) is 0 Å². The third-order valence-corrected chi connectivity index (χ3v) is 5.82. The summed E-state index contributed by atoms with van der Waals surface area (Å²) >= 11 is 0. The van der Waals surface area contributed by atoms with Crippen LogP contribution in [0.5, 0.6) is 5.75 Å². The maximum Gasteiger partial charge on any atom is 0.194 e. The first-order chi connectivity index (χ1) is 14.3. The van der Waals surface area contributed by atoms with Crippen molar-refractivity contribution in [2.45, 2.75) is 38.3 Å². The molecule has 4 rings (SSSR count). The van der Waals surface area contributed by atoms with Gasteiger partial charge in [-0.1, -0.05) is 12.1 Å². The fourth-order valence-electron chi connectivity index (χ4n) is 4.20. The van der Waals surface area contributed by atoms with Gasteiger partial charge < -0.3 is 24.1 Å². The Morgan fingerprint density at radius 1 is 1.24 bits per heavy atom. The fourth-order valence-corrected chi connectivity index (χ4v) is 4.20. The minimum Gasteiger partial charge on any atom is -0.497 e. The highest BCUT2D eigenvalue weighted by Gasteiger charge is 2.33. The number of hydrogen-bond donors (Lipinski definition) is 1. The van der Waals surface area contributed by atoms with Gasteiger partial charge in [0.15, 0.2) is 5.96 Å². The van der Waals surface area contributed by atoms with E-state index in [1.54, 1.807) is 13.4 Å². The molecule has 0 aliphatic carbocycles. The van der Waals surface area contributed by atoms with E-state index < -0.39 is 0 Å². The Balaban J connectivity index is 1.42. The Morgan fingerprint density at radius 2 is 2.14 bits per heavy atom. The number of hydrogen-bond acceptors (Lipinski definition) is 4. The monoisotopic (exact) mass is 397 g/mol. The maximum atomic E-state index is 5.98. The van der Waals surface area contributed by atoms with Crippen LogP contribution in [-0.4, -0.2) is 50.3 Å². The molecular weight excluding hydrogens is 366 g/mol. The van der Waals surface area contributed by atoms with Gasteiger partial charge in [-0.3, -0.25) is 0 Å². The molecule has 2 aliphatic heterocycles. The van der Waals surface area contributed by atoms with Crippen LogP contribution in [0.1, 0.15) is 30.6 Å². The van der Waals surface area contributed by atoms with Crippen LogP contribution in [0, 0.1) is 5.92 Å². The minimum atomic E-state index is 0.422. The zero-order valence-corrected chi connectivity index (χ0v) is 17.2. The van der Waals surface area contributed by atoms with Crippen molar-refractivity contribution in [1.82, 2.24) is 10.2 Å². The second-order valence-electron chi connectivity index (χ2n) is 7.79. The normalized spacial score (nSPS) is 22.2. The molecule has 1 aromatic carbocycles. The molecule has 2 fully saturated rings. The number of nitrogens with one attached hydrogen (secondary N) is 1. The summed E-state index contributed by atoms with van der Waals surface area (Å²) in [4.78, 5) is 7.35. The van der Waals surface area contributed by atoms with Crippen molar-refractivity contribution < 1.29 is 13.9 Å². The third kappa shape index (κ3) is 5.32. The highest BCUT2D eigenvalue weighted by atomic mass is 16.5. The first-order valence-corrected chi connectivity index (χ1v) is 10.6. The molecule has 0 bridgehead atoms. The number of guanidine groups is 1. The lowest BCUT2D eigenvalue weighted by atomic mass is 9.88. The van der Waals surface area contributed by atoms with E-state index in [0.29, 0.717) is 18.6 Å². The van der Waals surface area contributed by atoms with E-state index in [0.717, 1.165) is 56.6 Å². The number of nitrogens with zero attached hydrogens (tertiary/aromatic N) is 2. The molecule has 0 saturated carbocycles. The van der Waals surface area contributed by atoms with Gasteiger partial charge in [-0.05, 0) is 49.1 Å². The van der Waals surface area contributed by atoms with Crippen LogP contribution in [-0.2, 0) is 17.7 Å². The molecule has 29 heavy (non-hydrogen) atoms. The molecule has 2 atom stereocenters. The van der Waals surface area contributed by atoms with Crippen molar-refractivity contribution in [3.05, 3.63) is 54.0 Å². The second kappa shape index (κ2) is 9.83. The van der Waals surface area contributed by atoms with Crippen LogP contribution in [0.2, 0.25) is 0 Å². The van der Waals surface area contributed by atoms with Gasteiger partial charge in [0, 0.05) is 38.6 Å². The highest BCUT2D eigenvalue weighted by Crippen LogP contribution is 2.28. The lowest BCUT2D eigenvalue weighted by Gasteiger charge is -2.42. The molecule has 2 aromatic rings. The zero-order valence-electron chi connectivity index (χ0n) is 17.2. The summed E-state index contributed by atoms with van der Waals surface area (Å²) in [6, 6.07) is 12.1. The summed E-state index contributed by atoms with van der Waals surface area (Å²) in [7, 11) is 1.69. The molecule has 1 N–H and O–H groups in total. The quantitative estimate of drug-likeness (QED) is 0.597. The summed E-state index contributed by atoms with van der Waals surface area (Å²) < 4.78 is 16.7. The van der Waals surface area contributed by atoms with Gasteiger partial charge in [0.1, 0.15) is 11.5 Å². The predicted molar refractivity (Wildman–Crippen MR) is 113 cm³/mol. The Morgan fingerprint density at radius 3 is 2.93 bits per heavy atom. The first kappa shape index (κ1) is 19.8. The minimum absolute atomic E-state index is 0.422. The topological polar surface area (TPSA) is 59.2 Å². The van der Waals surface area contributed by atoms with Crippen LogP contribution in [0.4, 0.5) is 0 Å². The van der Waals surface area contributed by atoms with E-state index in [-0.39, 0.29) is 0 Å². The van der Waals surface area contributed by atoms with Crippen molar-refractivity contribution in [1.29, 1.82) is 0 Å². The van der Waals surface area contributed by atoms with E-state index in [4.69, 9.17) is 18.9 Å². The van der Waals surface area contributed by atoms with E-state index in [1.165, 1.54) is 18.4 Å². The van der Waals surface area contributed by atoms with Crippen LogP contribution < -0.4 is 10.1 Å².